The highest BCUT2D eigenvalue weighted by atomic mass is 35.5. The Morgan fingerprint density at radius 3 is 2.38 bits per heavy atom. The van der Waals surface area contributed by atoms with Gasteiger partial charge in [-0.15, -0.1) is 0 Å². The van der Waals surface area contributed by atoms with Crippen LogP contribution in [0.1, 0.15) is 21.6 Å². The highest BCUT2D eigenvalue weighted by molar-refractivity contribution is 6.28. The molecule has 0 saturated heterocycles. The summed E-state index contributed by atoms with van der Waals surface area (Å²) in [6.45, 7) is 1.60. The number of carbonyl (C=O) groups is 1. The lowest BCUT2D eigenvalue weighted by atomic mass is 10.2. The molecule has 0 radical (unpaired) electrons. The minimum Gasteiger partial charge on any atom is -0.319 e. The van der Waals surface area contributed by atoms with E-state index in [9.17, 15) is 18.0 Å². The van der Waals surface area contributed by atoms with Gasteiger partial charge in [-0.05, 0) is 30.7 Å². The SMILES string of the molecule is Cc1c(C(=O)Nc2cnc(Cl)nc2)cnn1-c1ccc(C(F)(F)F)cn1. The van der Waals surface area contributed by atoms with Gasteiger partial charge in [0.05, 0.1) is 41.1 Å². The molecule has 1 N–H and O–H groups in total. The molecule has 11 heteroatoms. The number of rotatable bonds is 3. The molecule has 0 aromatic carbocycles. The minimum absolute atomic E-state index is 0.0420. The van der Waals surface area contributed by atoms with E-state index in [1.807, 2.05) is 0 Å². The van der Waals surface area contributed by atoms with E-state index in [4.69, 9.17) is 11.6 Å². The molecule has 3 aromatic rings. The van der Waals surface area contributed by atoms with Crippen LogP contribution in [0, 0.1) is 6.92 Å². The normalized spacial score (nSPS) is 11.4. The summed E-state index contributed by atoms with van der Waals surface area (Å²) in [6.07, 6.45) is 0.202. The molecule has 0 unspecified atom stereocenters. The molecule has 1 amide bonds. The number of hydrogen-bond acceptors (Lipinski definition) is 5. The number of anilines is 1. The van der Waals surface area contributed by atoms with Gasteiger partial charge in [-0.3, -0.25) is 4.79 Å². The number of amides is 1. The van der Waals surface area contributed by atoms with Gasteiger partial charge >= 0.3 is 6.18 Å². The summed E-state index contributed by atoms with van der Waals surface area (Å²) in [7, 11) is 0. The fourth-order valence-corrected chi connectivity index (χ4v) is 2.22. The minimum atomic E-state index is -4.48. The highest BCUT2D eigenvalue weighted by Crippen LogP contribution is 2.28. The third kappa shape index (κ3) is 3.64. The van der Waals surface area contributed by atoms with E-state index in [0.29, 0.717) is 17.6 Å². The Morgan fingerprint density at radius 2 is 1.81 bits per heavy atom. The molecule has 0 fully saturated rings. The zero-order chi connectivity index (χ0) is 18.9. The molecule has 0 aliphatic heterocycles. The van der Waals surface area contributed by atoms with E-state index < -0.39 is 17.6 Å². The maximum absolute atomic E-state index is 12.6. The summed E-state index contributed by atoms with van der Waals surface area (Å²) in [5, 5.41) is 6.63. The van der Waals surface area contributed by atoms with Gasteiger partial charge in [0.2, 0.25) is 5.28 Å². The van der Waals surface area contributed by atoms with Crippen LogP contribution in [0.5, 0.6) is 0 Å². The van der Waals surface area contributed by atoms with Gasteiger partial charge in [0.25, 0.3) is 5.91 Å². The Kier molecular flexibility index (Phi) is 4.60. The average molecular weight is 383 g/mol. The smallest absolute Gasteiger partial charge is 0.319 e. The first-order valence-corrected chi connectivity index (χ1v) is 7.50. The molecule has 0 atom stereocenters. The van der Waals surface area contributed by atoms with Crippen molar-refractivity contribution in [1.82, 2.24) is 24.7 Å². The van der Waals surface area contributed by atoms with Crippen LogP contribution in [-0.2, 0) is 6.18 Å². The van der Waals surface area contributed by atoms with Crippen molar-refractivity contribution in [2.75, 3.05) is 5.32 Å². The largest absolute Gasteiger partial charge is 0.417 e. The number of aromatic nitrogens is 5. The molecular formula is C15H10ClF3N6O. The summed E-state index contributed by atoms with van der Waals surface area (Å²) in [5.41, 5.74) is 0.0947. The highest BCUT2D eigenvalue weighted by Gasteiger charge is 2.30. The van der Waals surface area contributed by atoms with E-state index in [-0.39, 0.29) is 16.7 Å². The second-order valence-corrected chi connectivity index (χ2v) is 5.49. The van der Waals surface area contributed by atoms with Crippen LogP contribution in [0.3, 0.4) is 0 Å². The molecule has 7 nitrogen and oxygen atoms in total. The van der Waals surface area contributed by atoms with Crippen LogP contribution in [0.15, 0.2) is 36.9 Å². The van der Waals surface area contributed by atoms with Gasteiger partial charge in [-0.25, -0.2) is 19.6 Å². The number of alkyl halides is 3. The lowest BCUT2D eigenvalue weighted by molar-refractivity contribution is -0.137. The molecule has 0 spiro atoms. The van der Waals surface area contributed by atoms with Crippen molar-refractivity contribution in [3.05, 3.63) is 59.0 Å². The quantitative estimate of drug-likeness (QED) is 0.702. The topological polar surface area (TPSA) is 85.6 Å². The molecule has 26 heavy (non-hydrogen) atoms. The number of nitrogens with zero attached hydrogens (tertiary/aromatic N) is 5. The Bertz CT molecular complexity index is 938. The van der Waals surface area contributed by atoms with Gasteiger partial charge in [0.1, 0.15) is 0 Å². The van der Waals surface area contributed by atoms with Crippen LogP contribution in [0.25, 0.3) is 5.82 Å². The molecule has 0 aliphatic rings. The van der Waals surface area contributed by atoms with Gasteiger partial charge < -0.3 is 5.32 Å². The second kappa shape index (κ2) is 6.71. The van der Waals surface area contributed by atoms with E-state index in [0.717, 1.165) is 6.07 Å². The zero-order valence-electron chi connectivity index (χ0n) is 13.1. The molecule has 0 saturated carbocycles. The Labute approximate surface area is 149 Å². The predicted octanol–water partition coefficient (Wildman–Crippen LogP) is 3.29. The van der Waals surface area contributed by atoms with Gasteiger partial charge in [0, 0.05) is 6.20 Å². The molecule has 3 rings (SSSR count). The van der Waals surface area contributed by atoms with Crippen LogP contribution in [0.4, 0.5) is 18.9 Å². The molecular weight excluding hydrogens is 373 g/mol. The third-order valence-electron chi connectivity index (χ3n) is 3.42. The van der Waals surface area contributed by atoms with Crippen LogP contribution in [0.2, 0.25) is 5.28 Å². The maximum Gasteiger partial charge on any atom is 0.417 e. The Balaban J connectivity index is 1.83. The first kappa shape index (κ1) is 17.8. The monoisotopic (exact) mass is 382 g/mol. The van der Waals surface area contributed by atoms with Crippen LogP contribution < -0.4 is 5.32 Å². The van der Waals surface area contributed by atoms with Crippen LogP contribution in [-0.4, -0.2) is 30.6 Å². The standard InChI is InChI=1S/C15H10ClF3N6O/c1-8-11(13(26)24-10-5-21-14(16)22-6-10)7-23-25(8)12-3-2-9(4-20-12)15(17,18)19/h2-7H,1H3,(H,24,26). The van der Waals surface area contributed by atoms with Crippen molar-refractivity contribution in [3.8, 4) is 5.82 Å². The van der Waals surface area contributed by atoms with Crippen molar-refractivity contribution in [3.63, 3.8) is 0 Å². The summed E-state index contributed by atoms with van der Waals surface area (Å²) in [4.78, 5) is 23.6. The number of carbonyl (C=O) groups excluding carboxylic acids is 1. The van der Waals surface area contributed by atoms with E-state index in [1.54, 1.807) is 6.92 Å². The van der Waals surface area contributed by atoms with Crippen molar-refractivity contribution in [2.24, 2.45) is 0 Å². The number of halogens is 4. The van der Waals surface area contributed by atoms with Crippen molar-refractivity contribution < 1.29 is 18.0 Å². The van der Waals surface area contributed by atoms with E-state index >= 15 is 0 Å². The fraction of sp³-hybridized carbons (Fsp3) is 0.133. The van der Waals surface area contributed by atoms with Crippen molar-refractivity contribution in [1.29, 1.82) is 0 Å². The average Bonchev–Trinajstić information content (AvgIpc) is 2.98. The molecule has 0 bridgehead atoms. The number of nitrogens with one attached hydrogen (secondary N) is 1. The first-order valence-electron chi connectivity index (χ1n) is 7.13. The lowest BCUT2D eigenvalue weighted by Gasteiger charge is -2.08. The molecule has 3 aromatic heterocycles. The predicted molar refractivity (Wildman–Crippen MR) is 86.1 cm³/mol. The number of hydrogen-bond donors (Lipinski definition) is 1. The van der Waals surface area contributed by atoms with Crippen molar-refractivity contribution in [2.45, 2.75) is 13.1 Å². The van der Waals surface area contributed by atoms with E-state index in [2.05, 4.69) is 25.4 Å². The molecule has 3 heterocycles. The van der Waals surface area contributed by atoms with Gasteiger partial charge in [-0.1, -0.05) is 0 Å². The first-order chi connectivity index (χ1) is 12.3. The molecule has 134 valence electrons. The summed E-state index contributed by atoms with van der Waals surface area (Å²) in [5.74, 6) is -0.323. The molecule has 0 aliphatic carbocycles. The third-order valence-corrected chi connectivity index (χ3v) is 3.62. The van der Waals surface area contributed by atoms with E-state index in [1.165, 1.54) is 29.3 Å². The second-order valence-electron chi connectivity index (χ2n) is 5.15. The Hall–Kier alpha value is -3.01. The van der Waals surface area contributed by atoms with Gasteiger partial charge in [-0.2, -0.15) is 18.3 Å². The summed E-state index contributed by atoms with van der Waals surface area (Å²) >= 11 is 5.58. The summed E-state index contributed by atoms with van der Waals surface area (Å²) < 4.78 is 39.1. The zero-order valence-corrected chi connectivity index (χ0v) is 13.9. The number of pyridine rings is 1. The Morgan fingerprint density at radius 1 is 1.12 bits per heavy atom. The fourth-order valence-electron chi connectivity index (χ4n) is 2.12. The van der Waals surface area contributed by atoms with Crippen molar-refractivity contribution >= 4 is 23.2 Å². The summed E-state index contributed by atoms with van der Waals surface area (Å²) in [6, 6.07) is 2.08. The lowest BCUT2D eigenvalue weighted by Crippen LogP contribution is -2.14. The van der Waals surface area contributed by atoms with Crippen LogP contribution >= 0.6 is 11.6 Å². The maximum atomic E-state index is 12.6. The van der Waals surface area contributed by atoms with Gasteiger partial charge in [0.15, 0.2) is 5.82 Å².